The molecule has 0 bridgehead atoms. The average molecular weight is 510 g/mol. The van der Waals surface area contributed by atoms with Crippen LogP contribution in [-0.4, -0.2) is 38.8 Å². The van der Waals surface area contributed by atoms with Crippen molar-refractivity contribution in [2.75, 3.05) is 6.61 Å². The topological polar surface area (TPSA) is 77.2 Å². The summed E-state index contributed by atoms with van der Waals surface area (Å²) in [5.41, 5.74) is 2.17. The van der Waals surface area contributed by atoms with Crippen LogP contribution < -0.4 is 0 Å². The molecule has 2 aromatic rings. The average Bonchev–Trinajstić information content (AvgIpc) is 3.30. The van der Waals surface area contributed by atoms with Crippen LogP contribution in [0.2, 0.25) is 0 Å². The van der Waals surface area contributed by atoms with Crippen molar-refractivity contribution in [1.82, 2.24) is 15.0 Å². The lowest BCUT2D eigenvalue weighted by Crippen LogP contribution is -2.48. The van der Waals surface area contributed by atoms with Crippen LogP contribution in [0, 0.1) is 16.7 Å². The van der Waals surface area contributed by atoms with E-state index < -0.39 is 17.4 Å². The SMILES string of the molecule is CCCCCCCCOC(=O)C(C)C1=CC(CCCC)(C(C)(C)C)C(O)C(n2nc3ccccc3n2)=C1. The van der Waals surface area contributed by atoms with E-state index in [0.717, 1.165) is 48.7 Å². The van der Waals surface area contributed by atoms with Gasteiger partial charge in [-0.05, 0) is 49.0 Å². The third kappa shape index (κ3) is 6.70. The highest BCUT2D eigenvalue weighted by atomic mass is 16.5. The molecule has 0 saturated carbocycles. The number of hydrogen-bond donors (Lipinski definition) is 1. The number of carbonyl (C=O) groups is 1. The van der Waals surface area contributed by atoms with Crippen molar-refractivity contribution in [2.24, 2.45) is 16.7 Å². The zero-order chi connectivity index (χ0) is 27.1. The van der Waals surface area contributed by atoms with E-state index in [0.29, 0.717) is 12.3 Å². The number of rotatable bonds is 13. The zero-order valence-corrected chi connectivity index (χ0v) is 23.8. The number of allylic oxidation sites excluding steroid dienone is 1. The van der Waals surface area contributed by atoms with Gasteiger partial charge in [-0.15, -0.1) is 10.2 Å². The van der Waals surface area contributed by atoms with Crippen molar-refractivity contribution >= 4 is 22.7 Å². The summed E-state index contributed by atoms with van der Waals surface area (Å²) in [6, 6.07) is 7.70. The quantitative estimate of drug-likeness (QED) is 0.226. The Morgan fingerprint density at radius 1 is 1.03 bits per heavy atom. The second-order valence-corrected chi connectivity index (χ2v) is 11.6. The molecule has 0 aliphatic heterocycles. The number of aliphatic hydroxyl groups is 1. The summed E-state index contributed by atoms with van der Waals surface area (Å²) < 4.78 is 5.70. The Labute approximate surface area is 223 Å². The Balaban J connectivity index is 1.91. The van der Waals surface area contributed by atoms with Crippen molar-refractivity contribution < 1.29 is 14.6 Å². The molecule has 0 fully saturated rings. The number of aromatic nitrogens is 3. The third-order valence-electron chi connectivity index (χ3n) is 7.96. The van der Waals surface area contributed by atoms with Gasteiger partial charge in [0.15, 0.2) is 0 Å². The first-order chi connectivity index (χ1) is 17.6. The summed E-state index contributed by atoms with van der Waals surface area (Å²) in [5, 5.41) is 21.2. The molecule has 1 aromatic carbocycles. The van der Waals surface area contributed by atoms with Crippen molar-refractivity contribution in [3.05, 3.63) is 42.0 Å². The molecule has 1 aromatic heterocycles. The smallest absolute Gasteiger partial charge is 0.313 e. The van der Waals surface area contributed by atoms with Gasteiger partial charge >= 0.3 is 5.97 Å². The molecule has 3 atom stereocenters. The molecule has 37 heavy (non-hydrogen) atoms. The van der Waals surface area contributed by atoms with Crippen LogP contribution >= 0.6 is 0 Å². The Morgan fingerprint density at radius 2 is 1.62 bits per heavy atom. The van der Waals surface area contributed by atoms with Crippen molar-refractivity contribution in [3.8, 4) is 0 Å². The van der Waals surface area contributed by atoms with E-state index in [4.69, 9.17) is 4.74 Å². The van der Waals surface area contributed by atoms with Gasteiger partial charge in [-0.2, -0.15) is 4.80 Å². The van der Waals surface area contributed by atoms with Gasteiger partial charge in [0.25, 0.3) is 0 Å². The number of hydrogen-bond acceptors (Lipinski definition) is 5. The predicted octanol–water partition coefficient (Wildman–Crippen LogP) is 7.34. The summed E-state index contributed by atoms with van der Waals surface area (Å²) in [5.74, 6) is -0.667. The molecule has 0 amide bonds. The molecule has 6 nitrogen and oxygen atoms in total. The molecule has 1 aliphatic carbocycles. The van der Waals surface area contributed by atoms with Crippen molar-refractivity contribution in [1.29, 1.82) is 0 Å². The Hall–Kier alpha value is -2.47. The number of ether oxygens (including phenoxy) is 1. The van der Waals surface area contributed by atoms with E-state index in [2.05, 4.69) is 50.9 Å². The highest BCUT2D eigenvalue weighted by Gasteiger charge is 2.50. The van der Waals surface area contributed by atoms with Gasteiger partial charge in [0.1, 0.15) is 17.1 Å². The second-order valence-electron chi connectivity index (χ2n) is 11.6. The second kappa shape index (κ2) is 12.9. The minimum absolute atomic E-state index is 0.219. The van der Waals surface area contributed by atoms with Crippen molar-refractivity contribution in [3.63, 3.8) is 0 Å². The lowest BCUT2D eigenvalue weighted by atomic mass is 9.57. The third-order valence-corrected chi connectivity index (χ3v) is 7.96. The number of fused-ring (bicyclic) bond motifs is 1. The first-order valence-electron chi connectivity index (χ1n) is 14.3. The molecule has 1 aliphatic rings. The van der Waals surface area contributed by atoms with Crippen LogP contribution in [0.3, 0.4) is 0 Å². The van der Waals surface area contributed by atoms with Crippen LogP contribution in [0.1, 0.15) is 99.3 Å². The Kier molecular flexibility index (Phi) is 10.1. The molecule has 204 valence electrons. The maximum Gasteiger partial charge on any atom is 0.313 e. The van der Waals surface area contributed by atoms with Crippen LogP contribution in [0.4, 0.5) is 0 Å². The number of benzene rings is 1. The maximum atomic E-state index is 13.1. The van der Waals surface area contributed by atoms with Crippen LogP contribution in [0.25, 0.3) is 16.7 Å². The van der Waals surface area contributed by atoms with E-state index in [1.54, 1.807) is 4.80 Å². The first-order valence-corrected chi connectivity index (χ1v) is 14.3. The van der Waals surface area contributed by atoms with Gasteiger partial charge in [0.05, 0.1) is 18.2 Å². The highest BCUT2D eigenvalue weighted by molar-refractivity contribution is 5.79. The number of esters is 1. The Morgan fingerprint density at radius 3 is 2.22 bits per heavy atom. The number of nitrogens with zero attached hydrogens (tertiary/aromatic N) is 3. The molecule has 0 spiro atoms. The van der Waals surface area contributed by atoms with Gasteiger partial charge in [-0.1, -0.05) is 97.8 Å². The van der Waals surface area contributed by atoms with E-state index >= 15 is 0 Å². The van der Waals surface area contributed by atoms with Gasteiger partial charge in [-0.3, -0.25) is 4.79 Å². The minimum atomic E-state index is -0.809. The summed E-state index contributed by atoms with van der Waals surface area (Å²) in [6.07, 6.45) is 12.9. The monoisotopic (exact) mass is 509 g/mol. The summed E-state index contributed by atoms with van der Waals surface area (Å²) in [7, 11) is 0. The molecule has 3 unspecified atom stereocenters. The molecule has 1 heterocycles. The fraction of sp³-hybridized carbons (Fsp3) is 0.645. The lowest BCUT2D eigenvalue weighted by molar-refractivity contribution is -0.146. The number of unbranched alkanes of at least 4 members (excludes halogenated alkanes) is 6. The van der Waals surface area contributed by atoms with Crippen molar-refractivity contribution in [2.45, 2.75) is 105 Å². The molecule has 0 saturated heterocycles. The van der Waals surface area contributed by atoms with Gasteiger partial charge in [0, 0.05) is 5.41 Å². The fourth-order valence-electron chi connectivity index (χ4n) is 5.32. The van der Waals surface area contributed by atoms with E-state index in [-0.39, 0.29) is 11.4 Å². The van der Waals surface area contributed by atoms with E-state index in [9.17, 15) is 9.90 Å². The molecular formula is C31H47N3O3. The summed E-state index contributed by atoms with van der Waals surface area (Å²) in [4.78, 5) is 14.7. The lowest BCUT2D eigenvalue weighted by Gasteiger charge is -2.49. The normalized spacial score (nSPS) is 21.0. The molecule has 0 radical (unpaired) electrons. The fourth-order valence-corrected chi connectivity index (χ4v) is 5.32. The molecule has 1 N–H and O–H groups in total. The first kappa shape index (κ1) is 29.1. The minimum Gasteiger partial charge on any atom is -0.465 e. The van der Waals surface area contributed by atoms with E-state index in [1.807, 2.05) is 37.3 Å². The van der Waals surface area contributed by atoms with Gasteiger partial charge in [0.2, 0.25) is 0 Å². The molecule has 3 rings (SSSR count). The van der Waals surface area contributed by atoms with Gasteiger partial charge < -0.3 is 9.84 Å². The molecule has 6 heteroatoms. The largest absolute Gasteiger partial charge is 0.465 e. The van der Waals surface area contributed by atoms with Crippen LogP contribution in [0.15, 0.2) is 42.0 Å². The standard InChI is InChI=1S/C31H47N3O3/c1-7-9-11-12-13-16-20-37-29(36)23(3)24-21-27(34-32-25-17-14-15-18-26(25)33-34)28(35)31(22-24,19-10-8-2)30(4,5)6/h14-15,17-18,21-23,28,35H,7-13,16,19-20H2,1-6H3. The number of aliphatic hydroxyl groups excluding tert-OH is 1. The summed E-state index contributed by atoms with van der Waals surface area (Å²) >= 11 is 0. The number of carbonyl (C=O) groups excluding carboxylic acids is 1. The summed E-state index contributed by atoms with van der Waals surface area (Å²) in [6.45, 7) is 13.2. The maximum absolute atomic E-state index is 13.1. The highest BCUT2D eigenvalue weighted by Crippen LogP contribution is 2.53. The van der Waals surface area contributed by atoms with Gasteiger partial charge in [-0.25, -0.2) is 0 Å². The van der Waals surface area contributed by atoms with E-state index in [1.165, 1.54) is 25.7 Å². The zero-order valence-electron chi connectivity index (χ0n) is 23.8. The molecular weight excluding hydrogens is 462 g/mol. The Bertz CT molecular complexity index is 1060. The predicted molar refractivity (Wildman–Crippen MR) is 151 cm³/mol. The van der Waals surface area contributed by atoms with Crippen LogP contribution in [0.5, 0.6) is 0 Å². The van der Waals surface area contributed by atoms with Crippen LogP contribution in [-0.2, 0) is 9.53 Å².